The lowest BCUT2D eigenvalue weighted by molar-refractivity contribution is 1.30. The first-order valence-corrected chi connectivity index (χ1v) is 14.8. The van der Waals surface area contributed by atoms with Crippen LogP contribution >= 0.6 is 0 Å². The van der Waals surface area contributed by atoms with Gasteiger partial charge in [-0.1, -0.05) is 152 Å². The van der Waals surface area contributed by atoms with E-state index in [0.29, 0.717) is 22.2 Å². The van der Waals surface area contributed by atoms with Crippen molar-refractivity contribution in [2.75, 3.05) is 4.90 Å². The van der Waals surface area contributed by atoms with Crippen molar-refractivity contribution in [1.82, 2.24) is 0 Å². The molecule has 0 aromatic heterocycles. The van der Waals surface area contributed by atoms with Crippen molar-refractivity contribution in [2.24, 2.45) is 0 Å². The van der Waals surface area contributed by atoms with E-state index in [-0.39, 0.29) is 58.8 Å². The summed E-state index contributed by atoms with van der Waals surface area (Å²) >= 11 is 0. The highest BCUT2D eigenvalue weighted by Crippen LogP contribution is 2.41. The number of nitrogens with zero attached hydrogens (tertiary/aromatic N) is 1. The van der Waals surface area contributed by atoms with Crippen LogP contribution in [0.1, 0.15) is 11.0 Å². The van der Waals surface area contributed by atoms with Crippen LogP contribution in [0.3, 0.4) is 0 Å². The molecule has 45 heavy (non-hydrogen) atoms. The summed E-state index contributed by atoms with van der Waals surface area (Å²) in [5.41, 5.74) is 3.23. The molecule has 0 fully saturated rings. The lowest BCUT2D eigenvalue weighted by Gasteiger charge is -2.27. The van der Waals surface area contributed by atoms with Gasteiger partial charge >= 0.3 is 0 Å². The van der Waals surface area contributed by atoms with Crippen LogP contribution in [0.2, 0.25) is 0 Å². The fraction of sp³-hybridized carbons (Fsp3) is 0. The maximum atomic E-state index is 9.72. The zero-order valence-electron chi connectivity index (χ0n) is 32.2. The molecule has 1 heteroatoms. The normalized spacial score (nSPS) is 13.6. The molecule has 0 unspecified atom stereocenters. The van der Waals surface area contributed by atoms with Crippen LogP contribution in [-0.4, -0.2) is 0 Å². The summed E-state index contributed by atoms with van der Waals surface area (Å²) in [4.78, 5) is 1.42. The van der Waals surface area contributed by atoms with Gasteiger partial charge in [-0.2, -0.15) is 0 Å². The predicted octanol–water partition coefficient (Wildman–Crippen LogP) is 12.5. The van der Waals surface area contributed by atoms with E-state index in [1.54, 1.807) is 24.3 Å². The summed E-state index contributed by atoms with van der Waals surface area (Å²) in [6.07, 6.45) is 0. The van der Waals surface area contributed by atoms with E-state index >= 15 is 0 Å². The predicted molar refractivity (Wildman–Crippen MR) is 192 cm³/mol. The Hall–Kier alpha value is -5.92. The fourth-order valence-corrected chi connectivity index (χ4v) is 5.83. The van der Waals surface area contributed by atoms with E-state index in [1.165, 1.54) is 4.90 Å². The summed E-state index contributed by atoms with van der Waals surface area (Å²) in [6, 6.07) is 40.4. The number of anilines is 3. The molecule has 0 aliphatic heterocycles. The van der Waals surface area contributed by atoms with Crippen molar-refractivity contribution in [3.8, 4) is 33.4 Å². The van der Waals surface area contributed by atoms with Crippen molar-refractivity contribution in [3.05, 3.63) is 188 Å². The molecule has 0 radical (unpaired) electrons. The van der Waals surface area contributed by atoms with Gasteiger partial charge in [-0.3, -0.25) is 0 Å². The van der Waals surface area contributed by atoms with E-state index in [4.69, 9.17) is 2.74 Å². The second-order valence-electron chi connectivity index (χ2n) is 10.8. The van der Waals surface area contributed by atoms with Gasteiger partial charge in [-0.15, -0.1) is 0 Å². The molecule has 0 heterocycles. The Balaban J connectivity index is 1.44. The lowest BCUT2D eigenvalue weighted by atomic mass is 9.97. The number of hydrogen-bond donors (Lipinski definition) is 0. The third-order valence-corrected chi connectivity index (χ3v) is 8.00. The summed E-state index contributed by atoms with van der Waals surface area (Å²) in [6.45, 7) is 0. The average Bonchev–Trinajstić information content (AvgIpc) is 3.19. The van der Waals surface area contributed by atoms with Gasteiger partial charge in [0.25, 0.3) is 0 Å². The van der Waals surface area contributed by atoms with Crippen LogP contribution < -0.4 is 4.90 Å². The Morgan fingerprint density at radius 3 is 1.80 bits per heavy atom. The number of rotatable bonds is 6. The molecule has 212 valence electrons. The molecule has 0 atom stereocenters. The maximum absolute atomic E-state index is 9.72. The Bertz CT molecular complexity index is 2690. The standard InChI is InChI=1S/C44H31N/c1-2-12-32(13-3-1)36-18-8-19-37(30-36)33-26-28-39(29-27-33)45(44-25-11-17-35-15-5-7-23-43(35)44)40-21-9-20-38(31-40)42-24-10-16-34-14-4-6-22-41(34)42/h1-31H/i9D,20D,21D,26D,27D,28D,29D,31D. The van der Waals surface area contributed by atoms with Gasteiger partial charge in [0.1, 0.15) is 0 Å². The van der Waals surface area contributed by atoms with Crippen LogP contribution in [-0.2, 0) is 0 Å². The molecular formula is C44H31N. The second kappa shape index (κ2) is 11.6. The minimum Gasteiger partial charge on any atom is -0.310 e. The highest BCUT2D eigenvalue weighted by Gasteiger charge is 2.17. The van der Waals surface area contributed by atoms with E-state index in [2.05, 4.69) is 0 Å². The van der Waals surface area contributed by atoms with Gasteiger partial charge < -0.3 is 4.90 Å². The summed E-state index contributed by atoms with van der Waals surface area (Å²) in [5, 5.41) is 3.14. The molecular weight excluding hydrogens is 542 g/mol. The second-order valence-corrected chi connectivity index (χ2v) is 10.8. The largest absolute Gasteiger partial charge is 0.310 e. The maximum Gasteiger partial charge on any atom is 0.0651 e. The van der Waals surface area contributed by atoms with E-state index in [1.807, 2.05) is 115 Å². The van der Waals surface area contributed by atoms with Crippen LogP contribution in [0.15, 0.2) is 188 Å². The molecule has 0 saturated carbocycles. The number of benzene rings is 8. The fourth-order valence-electron chi connectivity index (χ4n) is 5.83. The molecule has 0 aliphatic carbocycles. The van der Waals surface area contributed by atoms with Gasteiger partial charge in [-0.25, -0.2) is 0 Å². The van der Waals surface area contributed by atoms with Crippen molar-refractivity contribution in [2.45, 2.75) is 0 Å². The molecule has 0 aliphatic rings. The summed E-state index contributed by atoms with van der Waals surface area (Å²) in [7, 11) is 0. The smallest absolute Gasteiger partial charge is 0.0651 e. The Labute approximate surface area is 275 Å². The molecule has 0 bridgehead atoms. The van der Waals surface area contributed by atoms with Crippen molar-refractivity contribution in [3.63, 3.8) is 0 Å². The summed E-state index contributed by atoms with van der Waals surface area (Å²) < 4.78 is 74.8. The zero-order chi connectivity index (χ0) is 37.0. The highest BCUT2D eigenvalue weighted by molar-refractivity contribution is 6.01. The minimum atomic E-state index is -0.437. The first-order chi connectivity index (χ1) is 25.7. The Morgan fingerprint density at radius 1 is 0.400 bits per heavy atom. The van der Waals surface area contributed by atoms with E-state index < -0.39 is 12.1 Å². The lowest BCUT2D eigenvalue weighted by Crippen LogP contribution is -2.10. The molecule has 1 nitrogen and oxygen atoms in total. The average molecular weight is 582 g/mol. The van der Waals surface area contributed by atoms with Gasteiger partial charge in [-0.05, 0) is 85.8 Å². The van der Waals surface area contributed by atoms with Crippen molar-refractivity contribution in [1.29, 1.82) is 0 Å². The molecule has 8 rings (SSSR count). The topological polar surface area (TPSA) is 3.24 Å². The van der Waals surface area contributed by atoms with Crippen LogP contribution in [0.5, 0.6) is 0 Å². The molecule has 0 saturated heterocycles. The van der Waals surface area contributed by atoms with Gasteiger partial charge in [0.2, 0.25) is 0 Å². The molecule has 8 aromatic carbocycles. The SMILES string of the molecule is [2H]c1c([2H])c(-c2cccc3ccccc23)c([2H])c(N(c2c([2H])c([2H])c(-c3cccc(-c4ccccc4)c3)c([2H])c2[2H])c2cccc3ccccc23)c1[2H]. The monoisotopic (exact) mass is 581 g/mol. The van der Waals surface area contributed by atoms with Crippen LogP contribution in [0, 0.1) is 0 Å². The number of hydrogen-bond acceptors (Lipinski definition) is 1. The first kappa shape index (κ1) is 19.4. The quantitative estimate of drug-likeness (QED) is 0.189. The highest BCUT2D eigenvalue weighted by atomic mass is 15.1. The van der Waals surface area contributed by atoms with E-state index in [0.717, 1.165) is 27.3 Å². The Morgan fingerprint density at radius 2 is 1.00 bits per heavy atom. The van der Waals surface area contributed by atoms with E-state index in [9.17, 15) is 8.22 Å². The zero-order valence-corrected chi connectivity index (χ0v) is 24.2. The van der Waals surface area contributed by atoms with Gasteiger partial charge in [0.15, 0.2) is 0 Å². The molecule has 8 aromatic rings. The van der Waals surface area contributed by atoms with Crippen LogP contribution in [0.4, 0.5) is 17.1 Å². The number of fused-ring (bicyclic) bond motifs is 2. The molecule has 0 spiro atoms. The van der Waals surface area contributed by atoms with Crippen molar-refractivity contribution < 1.29 is 11.0 Å². The first-order valence-electron chi connectivity index (χ1n) is 18.8. The minimum absolute atomic E-state index is 0.120. The Kier molecular flexibility index (Phi) is 5.01. The molecule has 0 N–H and O–H groups in total. The van der Waals surface area contributed by atoms with Crippen LogP contribution in [0.25, 0.3) is 54.9 Å². The summed E-state index contributed by atoms with van der Waals surface area (Å²) in [5.74, 6) is 0. The third kappa shape index (κ3) is 5.15. The van der Waals surface area contributed by atoms with Crippen molar-refractivity contribution >= 4 is 38.6 Å². The third-order valence-electron chi connectivity index (χ3n) is 8.00. The molecule has 0 amide bonds. The van der Waals surface area contributed by atoms with Gasteiger partial charge in [0, 0.05) is 16.8 Å². The van der Waals surface area contributed by atoms with Gasteiger partial charge in [0.05, 0.1) is 16.7 Å².